The molecule has 6 aromatic rings. The molecule has 24 heteroatoms. The van der Waals surface area contributed by atoms with E-state index < -0.39 is 29.8 Å². The van der Waals surface area contributed by atoms with Gasteiger partial charge in [-0.25, -0.2) is 28.8 Å². The van der Waals surface area contributed by atoms with Crippen LogP contribution < -0.4 is 0 Å². The van der Waals surface area contributed by atoms with Gasteiger partial charge in [0, 0.05) is 78.5 Å². The van der Waals surface area contributed by atoms with Crippen LogP contribution in [0.5, 0.6) is 0 Å². The molecule has 0 atom stereocenters. The van der Waals surface area contributed by atoms with E-state index in [1.807, 2.05) is 106 Å². The van der Waals surface area contributed by atoms with Gasteiger partial charge in [-0.1, -0.05) is 197 Å². The van der Waals surface area contributed by atoms with Crippen molar-refractivity contribution in [3.63, 3.8) is 0 Å². The summed E-state index contributed by atoms with van der Waals surface area (Å²) in [5, 5.41) is 0. The van der Waals surface area contributed by atoms with Crippen molar-refractivity contribution in [2.45, 2.75) is 216 Å². The Balaban J connectivity index is 0.000000231. The van der Waals surface area contributed by atoms with E-state index >= 15 is 0 Å². The Bertz CT molecular complexity index is 4330. The molecule has 124 heavy (non-hydrogen) atoms. The number of ether oxygens (including phenoxy) is 7. The lowest BCUT2D eigenvalue weighted by Crippen LogP contribution is -2.48. The number of piperazine rings is 1. The Hall–Kier alpha value is -10.6. The fourth-order valence-electron chi connectivity index (χ4n) is 13.0. The third-order valence-corrected chi connectivity index (χ3v) is 21.5. The summed E-state index contributed by atoms with van der Waals surface area (Å²) in [5.41, 5.74) is 10.3. The van der Waals surface area contributed by atoms with Crippen molar-refractivity contribution < 1.29 is 85.9 Å². The average molecular weight is 1710 g/mol. The molecular formula is C100H138N6O18. The minimum absolute atomic E-state index is 0.0364. The standard InChI is InChI=1S/C18H26N2O3.C18H25NO3.C17H23NO4.C17H23NO3.C16H21NO3.C14H20O2/c1-18(2,3)15-7-5-14(6-8-15)17(22)23-13-16(21)20-11-9-19(4)10-12-20;1-18(2,3)15-9-7-14(8-10-15)17(21)22-13-16(20)19-11-5-4-6-12-19;1-17(2,3)14-6-4-13(5-7-14)16(20)22-12-15(19)18-8-10-21-11-9-18;1-17(2,3)14-8-6-13(7-9-14)16(20)21-12-15(19)18-10-4-5-11-18;1-16(2,3)13-7-5-12(6-8-13)15(19)20-11-14(18)17-9-4-10-17;1-10(2)16-13(15)11-6-8-12(9-7-11)14(3,4)5/h5-8H,9-13H2,1-4H3;7-10H,4-6,11-13H2,1-3H3;4-7H,8-12H2,1-3H3;6-9H,4-5,10-12H2,1-3H3;5-8H,4,9-11H2,1-3H3;6-10H,1-5H3. The van der Waals surface area contributed by atoms with Gasteiger partial charge >= 0.3 is 35.8 Å². The maximum absolute atomic E-state index is 12.1. The van der Waals surface area contributed by atoms with Gasteiger partial charge in [-0.3, -0.25) is 24.0 Å². The fourth-order valence-corrected chi connectivity index (χ4v) is 13.0. The van der Waals surface area contributed by atoms with Crippen molar-refractivity contribution in [3.8, 4) is 0 Å². The van der Waals surface area contributed by atoms with Crippen LogP contribution in [0.1, 0.15) is 273 Å². The van der Waals surface area contributed by atoms with Crippen LogP contribution in [0.15, 0.2) is 146 Å². The van der Waals surface area contributed by atoms with E-state index in [9.17, 15) is 52.7 Å². The van der Waals surface area contributed by atoms with Gasteiger partial charge in [0.1, 0.15) is 0 Å². The second-order valence-electron chi connectivity index (χ2n) is 38.2. The number of esters is 6. The molecule has 5 amide bonds. The first kappa shape index (κ1) is 102. The monoisotopic (exact) mass is 1710 g/mol. The highest BCUT2D eigenvalue weighted by molar-refractivity contribution is 5.95. The molecule has 5 fully saturated rings. The lowest BCUT2D eigenvalue weighted by molar-refractivity contribution is -0.138. The number of amides is 5. The first-order valence-electron chi connectivity index (χ1n) is 43.4. The number of carbonyl (C=O) groups is 11. The largest absolute Gasteiger partial charge is 0.459 e. The summed E-state index contributed by atoms with van der Waals surface area (Å²) in [7, 11) is 2.03. The van der Waals surface area contributed by atoms with Gasteiger partial charge in [0.05, 0.1) is 52.7 Å². The highest BCUT2D eigenvalue weighted by atomic mass is 16.6. The number of hydrogen-bond donors (Lipinski definition) is 0. The second-order valence-corrected chi connectivity index (χ2v) is 38.2. The van der Waals surface area contributed by atoms with Crippen LogP contribution in [0.25, 0.3) is 0 Å². The zero-order valence-electron chi connectivity index (χ0n) is 77.6. The maximum atomic E-state index is 12.1. The molecule has 676 valence electrons. The number of benzene rings is 6. The van der Waals surface area contributed by atoms with Crippen LogP contribution in [-0.2, 0) is 89.6 Å². The molecule has 0 radical (unpaired) electrons. The first-order chi connectivity index (χ1) is 58.1. The van der Waals surface area contributed by atoms with Gasteiger partial charge in [-0.15, -0.1) is 0 Å². The molecule has 0 spiro atoms. The molecule has 0 saturated carbocycles. The number of likely N-dealkylation sites (N-methyl/N-ethyl adjacent to an activating group) is 1. The lowest BCUT2D eigenvalue weighted by atomic mass is 9.87. The molecule has 5 heterocycles. The zero-order valence-corrected chi connectivity index (χ0v) is 77.6. The molecule has 0 aliphatic carbocycles. The van der Waals surface area contributed by atoms with Crippen molar-refractivity contribution in [2.75, 3.05) is 132 Å². The Morgan fingerprint density at radius 3 is 0.637 bits per heavy atom. The van der Waals surface area contributed by atoms with Crippen molar-refractivity contribution in [3.05, 3.63) is 212 Å². The number of piperidine rings is 1. The summed E-state index contributed by atoms with van der Waals surface area (Å²) < 4.78 is 35.8. The molecule has 6 aromatic carbocycles. The summed E-state index contributed by atoms with van der Waals surface area (Å²) in [6, 6.07) is 44.4. The zero-order chi connectivity index (χ0) is 91.9. The third-order valence-electron chi connectivity index (χ3n) is 21.5. The van der Waals surface area contributed by atoms with Crippen molar-refractivity contribution in [1.29, 1.82) is 0 Å². The second kappa shape index (κ2) is 47.5. The van der Waals surface area contributed by atoms with E-state index in [-0.39, 0.29) is 107 Å². The molecule has 5 saturated heterocycles. The molecule has 11 rings (SSSR count). The third kappa shape index (κ3) is 34.8. The minimum atomic E-state index is -0.470. The van der Waals surface area contributed by atoms with Gasteiger partial charge in [0.15, 0.2) is 33.0 Å². The van der Waals surface area contributed by atoms with E-state index in [4.69, 9.17) is 33.2 Å². The maximum Gasteiger partial charge on any atom is 0.338 e. The van der Waals surface area contributed by atoms with Crippen LogP contribution in [0.4, 0.5) is 0 Å². The van der Waals surface area contributed by atoms with E-state index in [1.54, 1.807) is 85.2 Å². The highest BCUT2D eigenvalue weighted by Crippen LogP contribution is 2.29. The molecule has 24 nitrogen and oxygen atoms in total. The Morgan fingerprint density at radius 2 is 0.444 bits per heavy atom. The molecule has 5 aliphatic heterocycles. The number of morpholine rings is 1. The molecule has 5 aliphatic rings. The first-order valence-corrected chi connectivity index (χ1v) is 43.4. The highest BCUT2D eigenvalue weighted by Gasteiger charge is 2.28. The van der Waals surface area contributed by atoms with Crippen LogP contribution in [0.2, 0.25) is 0 Å². The van der Waals surface area contributed by atoms with Gasteiger partial charge in [-0.05, 0) is 198 Å². The Labute approximate surface area is 736 Å². The molecule has 0 bridgehead atoms. The minimum Gasteiger partial charge on any atom is -0.459 e. The SMILES string of the molecule is CC(C)(C)c1ccc(C(=O)OCC(=O)N2CCC2)cc1.CC(C)(C)c1ccc(C(=O)OCC(=O)N2CCCC2)cc1.CC(C)(C)c1ccc(C(=O)OCC(=O)N2CCCCC2)cc1.CC(C)(C)c1ccc(C(=O)OCC(=O)N2CCOCC2)cc1.CC(C)OC(=O)c1ccc(C(C)(C)C)cc1.CN1CCN(C(=O)COC(=O)c2ccc(C(C)(C)C)cc2)CC1. The summed E-state index contributed by atoms with van der Waals surface area (Å²) in [6.45, 7) is 50.9. The lowest BCUT2D eigenvalue weighted by Gasteiger charge is -2.32. The quantitative estimate of drug-likeness (QED) is 0.0606. The van der Waals surface area contributed by atoms with E-state index in [0.717, 1.165) is 112 Å². The normalized spacial score (nSPS) is 14.9. The summed E-state index contributed by atoms with van der Waals surface area (Å²) in [4.78, 5) is 142. The smallest absolute Gasteiger partial charge is 0.338 e. The van der Waals surface area contributed by atoms with Crippen LogP contribution in [0.3, 0.4) is 0 Å². The van der Waals surface area contributed by atoms with Crippen LogP contribution in [-0.4, -0.2) is 233 Å². The average Bonchev–Trinajstić information content (AvgIpc) is 0.936. The van der Waals surface area contributed by atoms with Crippen molar-refractivity contribution >= 4 is 65.4 Å². The van der Waals surface area contributed by atoms with Crippen molar-refractivity contribution in [2.24, 2.45) is 0 Å². The van der Waals surface area contributed by atoms with Gasteiger partial charge in [0.25, 0.3) is 29.5 Å². The van der Waals surface area contributed by atoms with Gasteiger partial charge < -0.3 is 62.6 Å². The summed E-state index contributed by atoms with van der Waals surface area (Å²) in [6.07, 6.45) is 6.27. The Morgan fingerprint density at radius 1 is 0.258 bits per heavy atom. The predicted octanol–water partition coefficient (Wildman–Crippen LogP) is 15.8. The van der Waals surface area contributed by atoms with Gasteiger partial charge in [0.2, 0.25) is 0 Å². The molecular weight excluding hydrogens is 1570 g/mol. The fraction of sp³-hybridized carbons (Fsp3) is 0.530. The predicted molar refractivity (Wildman–Crippen MR) is 482 cm³/mol. The number of hydrogen-bond acceptors (Lipinski definition) is 19. The van der Waals surface area contributed by atoms with Crippen molar-refractivity contribution in [1.82, 2.24) is 29.4 Å². The van der Waals surface area contributed by atoms with Crippen LogP contribution >= 0.6 is 0 Å². The number of carbonyl (C=O) groups excluding carboxylic acids is 11. The number of rotatable bonds is 17. The van der Waals surface area contributed by atoms with Gasteiger partial charge in [-0.2, -0.15) is 0 Å². The Kier molecular flexibility index (Phi) is 39.1. The van der Waals surface area contributed by atoms with E-state index in [1.165, 1.54) is 12.0 Å². The van der Waals surface area contributed by atoms with E-state index in [2.05, 4.69) is 130 Å². The molecule has 0 unspecified atom stereocenters. The molecule has 0 aromatic heterocycles. The topological polar surface area (TPSA) is 272 Å². The summed E-state index contributed by atoms with van der Waals surface area (Å²) in [5.74, 6) is -3.12. The van der Waals surface area contributed by atoms with Crippen LogP contribution in [0, 0.1) is 0 Å². The van der Waals surface area contributed by atoms with E-state index in [0.29, 0.717) is 72.8 Å². The summed E-state index contributed by atoms with van der Waals surface area (Å²) >= 11 is 0. The molecule has 0 N–H and O–H groups in total. The number of nitrogens with zero attached hydrogens (tertiary/aromatic N) is 6. The number of likely N-dealkylation sites (tertiary alicyclic amines) is 3.